The van der Waals surface area contributed by atoms with Gasteiger partial charge in [-0.25, -0.2) is 4.79 Å². The fourth-order valence-electron chi connectivity index (χ4n) is 1.80. The van der Waals surface area contributed by atoms with Gasteiger partial charge in [0.2, 0.25) is 0 Å². The molecule has 0 saturated carbocycles. The van der Waals surface area contributed by atoms with Crippen LogP contribution >= 0.6 is 0 Å². The average Bonchev–Trinajstić information content (AvgIpc) is 2.68. The lowest BCUT2D eigenvalue weighted by Gasteiger charge is -2.04. The number of esters is 1. The topological polar surface area (TPSA) is 47.8 Å². The van der Waals surface area contributed by atoms with E-state index in [1.807, 2.05) is 12.1 Å². The molecule has 0 aliphatic carbocycles. The number of Topliss-reactive ketones (excluding diaryl/α,β-unsaturated/α-hetero) is 1. The van der Waals surface area contributed by atoms with Gasteiger partial charge < -0.3 is 9.14 Å². The first-order valence-corrected chi connectivity index (χ1v) is 5.43. The molecule has 4 nitrogen and oxygen atoms in total. The van der Waals surface area contributed by atoms with Gasteiger partial charge in [0, 0.05) is 11.7 Å². The van der Waals surface area contributed by atoms with Crippen molar-refractivity contribution in [1.29, 1.82) is 0 Å². The molecule has 2 rings (SSSR count). The van der Waals surface area contributed by atoms with Gasteiger partial charge in [-0.3, -0.25) is 4.79 Å². The molecule has 2 heterocycles. The van der Waals surface area contributed by atoms with Crippen LogP contribution in [0.2, 0.25) is 0 Å². The Kier molecular flexibility index (Phi) is 2.95. The minimum Gasteiger partial charge on any atom is -0.461 e. The first kappa shape index (κ1) is 11.4. The molecule has 0 atom stereocenters. The van der Waals surface area contributed by atoms with Crippen molar-refractivity contribution in [3.8, 4) is 0 Å². The summed E-state index contributed by atoms with van der Waals surface area (Å²) in [5.74, 6) is -0.611. The van der Waals surface area contributed by atoms with Crippen molar-refractivity contribution >= 4 is 17.3 Å². The van der Waals surface area contributed by atoms with E-state index in [9.17, 15) is 9.59 Å². The average molecular weight is 231 g/mol. The minimum atomic E-state index is -0.469. The van der Waals surface area contributed by atoms with Gasteiger partial charge in [0.25, 0.3) is 0 Å². The highest BCUT2D eigenvalue weighted by atomic mass is 16.5. The van der Waals surface area contributed by atoms with Crippen LogP contribution < -0.4 is 0 Å². The van der Waals surface area contributed by atoms with E-state index in [1.54, 1.807) is 29.7 Å². The second-order valence-corrected chi connectivity index (χ2v) is 3.68. The van der Waals surface area contributed by atoms with E-state index in [0.717, 1.165) is 5.52 Å². The fraction of sp³-hybridized carbons (Fsp3) is 0.231. The molecule has 0 amide bonds. The largest absolute Gasteiger partial charge is 0.461 e. The maximum absolute atomic E-state index is 11.8. The predicted molar refractivity (Wildman–Crippen MR) is 63.4 cm³/mol. The Morgan fingerprint density at radius 1 is 1.35 bits per heavy atom. The first-order chi connectivity index (χ1) is 8.15. The van der Waals surface area contributed by atoms with E-state index in [2.05, 4.69) is 0 Å². The molecule has 4 heteroatoms. The molecule has 0 N–H and O–H groups in total. The van der Waals surface area contributed by atoms with Crippen LogP contribution in [0.4, 0.5) is 0 Å². The summed E-state index contributed by atoms with van der Waals surface area (Å²) in [6.07, 6.45) is 1.74. The predicted octanol–water partition coefficient (Wildman–Crippen LogP) is 2.32. The van der Waals surface area contributed by atoms with Crippen molar-refractivity contribution in [2.75, 3.05) is 6.61 Å². The van der Waals surface area contributed by atoms with E-state index >= 15 is 0 Å². The Labute approximate surface area is 98.8 Å². The molecule has 0 spiro atoms. The van der Waals surface area contributed by atoms with Gasteiger partial charge in [-0.15, -0.1) is 0 Å². The summed E-state index contributed by atoms with van der Waals surface area (Å²) >= 11 is 0. The number of aromatic nitrogens is 1. The van der Waals surface area contributed by atoms with Crippen LogP contribution in [0, 0.1) is 0 Å². The number of hydrogen-bond acceptors (Lipinski definition) is 3. The van der Waals surface area contributed by atoms with Crippen molar-refractivity contribution in [2.45, 2.75) is 13.8 Å². The smallest absolute Gasteiger partial charge is 0.356 e. The van der Waals surface area contributed by atoms with Gasteiger partial charge in [-0.2, -0.15) is 0 Å². The summed E-state index contributed by atoms with van der Waals surface area (Å²) < 4.78 is 6.65. The summed E-state index contributed by atoms with van der Waals surface area (Å²) in [6, 6.07) is 7.21. The molecule has 0 unspecified atom stereocenters. The molecule has 0 radical (unpaired) electrons. The zero-order chi connectivity index (χ0) is 12.4. The standard InChI is InChI=1S/C13H13NO3/c1-3-17-13(16)12-11(9(2)15)8-10-6-4-5-7-14(10)12/h4-8H,3H2,1-2H3. The Hall–Kier alpha value is -2.10. The Bertz CT molecular complexity index is 583. The lowest BCUT2D eigenvalue weighted by atomic mass is 10.2. The summed E-state index contributed by atoms with van der Waals surface area (Å²) in [7, 11) is 0. The highest BCUT2D eigenvalue weighted by Crippen LogP contribution is 2.18. The number of rotatable bonds is 3. The van der Waals surface area contributed by atoms with Crippen molar-refractivity contribution in [2.24, 2.45) is 0 Å². The van der Waals surface area contributed by atoms with Crippen LogP contribution in [0.15, 0.2) is 30.5 Å². The number of nitrogens with zero attached hydrogens (tertiary/aromatic N) is 1. The van der Waals surface area contributed by atoms with Crippen molar-refractivity contribution in [1.82, 2.24) is 4.40 Å². The highest BCUT2D eigenvalue weighted by Gasteiger charge is 2.20. The summed E-state index contributed by atoms with van der Waals surface area (Å²) in [5, 5.41) is 0. The summed E-state index contributed by atoms with van der Waals surface area (Å²) in [6.45, 7) is 3.47. The lowest BCUT2D eigenvalue weighted by Crippen LogP contribution is -2.11. The molecule has 0 aromatic carbocycles. The Balaban J connectivity index is 2.68. The molecule has 17 heavy (non-hydrogen) atoms. The maximum Gasteiger partial charge on any atom is 0.356 e. The van der Waals surface area contributed by atoms with Crippen LogP contribution in [-0.4, -0.2) is 22.8 Å². The summed E-state index contributed by atoms with van der Waals surface area (Å²) in [4.78, 5) is 23.4. The normalized spacial score (nSPS) is 10.5. The van der Waals surface area contributed by atoms with Gasteiger partial charge in [0.15, 0.2) is 5.78 Å². The fourth-order valence-corrected chi connectivity index (χ4v) is 1.80. The van der Waals surface area contributed by atoms with E-state index < -0.39 is 5.97 Å². The zero-order valence-electron chi connectivity index (χ0n) is 9.77. The van der Waals surface area contributed by atoms with E-state index in [-0.39, 0.29) is 12.4 Å². The number of pyridine rings is 1. The third-order valence-electron chi connectivity index (χ3n) is 2.53. The summed E-state index contributed by atoms with van der Waals surface area (Å²) in [5.41, 5.74) is 1.50. The number of ketones is 1. The Morgan fingerprint density at radius 3 is 2.76 bits per heavy atom. The van der Waals surface area contributed by atoms with Crippen LogP contribution in [0.3, 0.4) is 0 Å². The molecular formula is C13H13NO3. The second kappa shape index (κ2) is 4.41. The van der Waals surface area contributed by atoms with Gasteiger partial charge in [0.05, 0.1) is 12.2 Å². The van der Waals surface area contributed by atoms with Crippen LogP contribution in [0.1, 0.15) is 34.7 Å². The van der Waals surface area contributed by atoms with Crippen LogP contribution in [-0.2, 0) is 4.74 Å². The maximum atomic E-state index is 11.8. The monoisotopic (exact) mass is 231 g/mol. The quantitative estimate of drug-likeness (QED) is 0.601. The van der Waals surface area contributed by atoms with Crippen molar-refractivity contribution in [3.63, 3.8) is 0 Å². The third kappa shape index (κ3) is 1.93. The van der Waals surface area contributed by atoms with E-state index in [4.69, 9.17) is 4.74 Å². The number of fused-ring (bicyclic) bond motifs is 1. The molecule has 88 valence electrons. The number of carbonyl (C=O) groups excluding carboxylic acids is 2. The van der Waals surface area contributed by atoms with Crippen molar-refractivity contribution in [3.05, 3.63) is 41.7 Å². The zero-order valence-corrected chi connectivity index (χ0v) is 9.77. The number of ether oxygens (including phenoxy) is 1. The molecule has 0 aliphatic rings. The molecule has 0 aliphatic heterocycles. The minimum absolute atomic E-state index is 0.142. The lowest BCUT2D eigenvalue weighted by molar-refractivity contribution is 0.0515. The van der Waals surface area contributed by atoms with Gasteiger partial charge >= 0.3 is 5.97 Å². The molecular weight excluding hydrogens is 218 g/mol. The molecule has 2 aromatic rings. The van der Waals surface area contributed by atoms with Gasteiger partial charge in [-0.05, 0) is 32.0 Å². The second-order valence-electron chi connectivity index (χ2n) is 3.68. The van der Waals surface area contributed by atoms with E-state index in [1.165, 1.54) is 6.92 Å². The first-order valence-electron chi connectivity index (χ1n) is 5.43. The van der Waals surface area contributed by atoms with Crippen LogP contribution in [0.5, 0.6) is 0 Å². The molecule has 0 fully saturated rings. The molecule has 0 saturated heterocycles. The van der Waals surface area contributed by atoms with Crippen LogP contribution in [0.25, 0.3) is 5.52 Å². The number of hydrogen-bond donors (Lipinski definition) is 0. The number of carbonyl (C=O) groups is 2. The third-order valence-corrected chi connectivity index (χ3v) is 2.53. The highest BCUT2D eigenvalue weighted by molar-refractivity contribution is 6.06. The van der Waals surface area contributed by atoms with Gasteiger partial charge in [-0.1, -0.05) is 6.07 Å². The molecule has 0 bridgehead atoms. The molecule has 2 aromatic heterocycles. The Morgan fingerprint density at radius 2 is 2.12 bits per heavy atom. The van der Waals surface area contributed by atoms with Crippen molar-refractivity contribution < 1.29 is 14.3 Å². The van der Waals surface area contributed by atoms with E-state index in [0.29, 0.717) is 11.3 Å². The van der Waals surface area contributed by atoms with Gasteiger partial charge in [0.1, 0.15) is 5.69 Å². The SMILES string of the molecule is CCOC(=O)c1c(C(C)=O)cc2ccccn12.